The summed E-state index contributed by atoms with van der Waals surface area (Å²) in [4.78, 5) is 2.44. The van der Waals surface area contributed by atoms with Crippen LogP contribution in [-0.2, 0) is 9.47 Å². The van der Waals surface area contributed by atoms with Gasteiger partial charge in [0, 0.05) is 40.5 Å². The van der Waals surface area contributed by atoms with Crippen LogP contribution in [0.25, 0.3) is 0 Å². The summed E-state index contributed by atoms with van der Waals surface area (Å²) >= 11 is 0. The summed E-state index contributed by atoms with van der Waals surface area (Å²) in [5, 5.41) is 0. The van der Waals surface area contributed by atoms with Gasteiger partial charge in [0.25, 0.3) is 0 Å². The number of methoxy groups -OCH3 is 2. The van der Waals surface area contributed by atoms with Crippen molar-refractivity contribution in [1.82, 2.24) is 4.90 Å². The molecule has 0 heterocycles. The Kier molecular flexibility index (Phi) is 11.8. The van der Waals surface area contributed by atoms with Crippen molar-refractivity contribution in [1.29, 1.82) is 0 Å². The van der Waals surface area contributed by atoms with Crippen LogP contribution in [0.3, 0.4) is 0 Å². The smallest absolute Gasteiger partial charge is 0.0474 e. The maximum atomic E-state index is 5.51. The van der Waals surface area contributed by atoms with E-state index in [0.29, 0.717) is 0 Å². The van der Waals surface area contributed by atoms with Gasteiger partial charge in [-0.1, -0.05) is 0 Å². The van der Waals surface area contributed by atoms with E-state index in [-0.39, 0.29) is 0 Å². The highest BCUT2D eigenvalue weighted by Crippen LogP contribution is 1.97. The molecule has 4 heteroatoms. The van der Waals surface area contributed by atoms with Crippen molar-refractivity contribution in [3.05, 3.63) is 0 Å². The van der Waals surface area contributed by atoms with Crippen molar-refractivity contribution in [2.24, 2.45) is 5.73 Å². The lowest BCUT2D eigenvalue weighted by atomic mass is 10.3. The second-order valence-electron chi connectivity index (χ2n) is 3.68. The first-order chi connectivity index (χ1) is 7.35. The number of hydrogen-bond acceptors (Lipinski definition) is 4. The van der Waals surface area contributed by atoms with Crippen LogP contribution in [0, 0.1) is 0 Å². The van der Waals surface area contributed by atoms with E-state index in [4.69, 9.17) is 15.2 Å². The van der Waals surface area contributed by atoms with Gasteiger partial charge < -0.3 is 20.1 Å². The predicted octanol–water partition coefficient (Wildman–Crippen LogP) is 0.710. The normalized spacial score (nSPS) is 11.2. The molecule has 92 valence electrons. The van der Waals surface area contributed by atoms with Crippen molar-refractivity contribution in [2.75, 3.05) is 53.6 Å². The second kappa shape index (κ2) is 11.9. The summed E-state index contributed by atoms with van der Waals surface area (Å²) < 4.78 is 10.1. The van der Waals surface area contributed by atoms with Crippen molar-refractivity contribution in [3.63, 3.8) is 0 Å². The average molecular weight is 218 g/mol. The Morgan fingerprint density at radius 1 is 0.867 bits per heavy atom. The van der Waals surface area contributed by atoms with Crippen LogP contribution >= 0.6 is 0 Å². The summed E-state index contributed by atoms with van der Waals surface area (Å²) in [5.41, 5.74) is 5.51. The zero-order chi connectivity index (χ0) is 11.4. The van der Waals surface area contributed by atoms with Crippen molar-refractivity contribution in [2.45, 2.75) is 19.3 Å². The summed E-state index contributed by atoms with van der Waals surface area (Å²) in [6.07, 6.45) is 3.25. The van der Waals surface area contributed by atoms with E-state index in [2.05, 4.69) is 4.90 Å². The highest BCUT2D eigenvalue weighted by Gasteiger charge is 2.03. The van der Waals surface area contributed by atoms with E-state index in [1.54, 1.807) is 14.2 Å². The summed E-state index contributed by atoms with van der Waals surface area (Å²) in [5.74, 6) is 0. The Morgan fingerprint density at radius 2 is 1.33 bits per heavy atom. The van der Waals surface area contributed by atoms with Crippen LogP contribution in [0.5, 0.6) is 0 Å². The minimum Gasteiger partial charge on any atom is -0.385 e. The van der Waals surface area contributed by atoms with E-state index >= 15 is 0 Å². The molecule has 0 amide bonds. The van der Waals surface area contributed by atoms with Crippen LogP contribution in [-0.4, -0.2) is 58.5 Å². The van der Waals surface area contributed by atoms with Gasteiger partial charge in [-0.2, -0.15) is 0 Å². The molecule has 0 aromatic rings. The molecule has 0 aliphatic carbocycles. The predicted molar refractivity (Wildman–Crippen MR) is 63.1 cm³/mol. The Bertz CT molecular complexity index is 113. The third kappa shape index (κ3) is 10.1. The van der Waals surface area contributed by atoms with E-state index < -0.39 is 0 Å². The van der Waals surface area contributed by atoms with Crippen molar-refractivity contribution < 1.29 is 9.47 Å². The van der Waals surface area contributed by atoms with Gasteiger partial charge in [0.1, 0.15) is 0 Å². The second-order valence-corrected chi connectivity index (χ2v) is 3.68. The first kappa shape index (κ1) is 14.8. The maximum absolute atomic E-state index is 5.51. The topological polar surface area (TPSA) is 47.7 Å². The SMILES string of the molecule is COCCCN(CCCN)CCCOC. The average Bonchev–Trinajstić information content (AvgIpc) is 2.25. The zero-order valence-electron chi connectivity index (χ0n) is 10.2. The molecule has 0 radical (unpaired) electrons. The molecule has 0 unspecified atom stereocenters. The standard InChI is InChI=1S/C11H26N2O2/c1-14-10-4-8-13(7-3-6-12)9-5-11-15-2/h3-12H2,1-2H3. The minimum absolute atomic E-state index is 0.769. The van der Waals surface area contributed by atoms with Crippen LogP contribution < -0.4 is 5.73 Å². The minimum atomic E-state index is 0.769. The van der Waals surface area contributed by atoms with Gasteiger partial charge in [-0.05, 0) is 32.4 Å². The molecule has 2 N–H and O–H groups in total. The van der Waals surface area contributed by atoms with Crippen LogP contribution in [0.4, 0.5) is 0 Å². The molecule has 0 bridgehead atoms. The van der Waals surface area contributed by atoms with Gasteiger partial charge in [0.05, 0.1) is 0 Å². The monoisotopic (exact) mass is 218 g/mol. The fourth-order valence-corrected chi connectivity index (χ4v) is 1.52. The van der Waals surface area contributed by atoms with Crippen LogP contribution in [0.15, 0.2) is 0 Å². The summed E-state index contributed by atoms with van der Waals surface area (Å²) in [7, 11) is 3.49. The van der Waals surface area contributed by atoms with Crippen LogP contribution in [0.1, 0.15) is 19.3 Å². The molecule has 0 fully saturated rings. The molecule has 0 saturated heterocycles. The van der Waals surface area contributed by atoms with Gasteiger partial charge >= 0.3 is 0 Å². The number of nitrogens with zero attached hydrogens (tertiary/aromatic N) is 1. The highest BCUT2D eigenvalue weighted by atomic mass is 16.5. The molecule has 15 heavy (non-hydrogen) atoms. The van der Waals surface area contributed by atoms with Gasteiger partial charge in [-0.25, -0.2) is 0 Å². The summed E-state index contributed by atoms with van der Waals surface area (Å²) in [6, 6.07) is 0. The molecular formula is C11H26N2O2. The first-order valence-corrected chi connectivity index (χ1v) is 5.75. The Hall–Kier alpha value is -0.160. The number of rotatable bonds is 11. The van der Waals surface area contributed by atoms with Crippen molar-refractivity contribution >= 4 is 0 Å². The van der Waals surface area contributed by atoms with E-state index in [1.165, 1.54) is 0 Å². The Morgan fingerprint density at radius 3 is 1.73 bits per heavy atom. The number of nitrogens with two attached hydrogens (primary N) is 1. The summed E-state index contributed by atoms with van der Waals surface area (Å²) in [6.45, 7) is 5.72. The highest BCUT2D eigenvalue weighted by molar-refractivity contribution is 4.58. The molecule has 0 aromatic carbocycles. The van der Waals surface area contributed by atoms with Crippen molar-refractivity contribution in [3.8, 4) is 0 Å². The molecule has 0 spiro atoms. The van der Waals surface area contributed by atoms with Gasteiger partial charge in [0.2, 0.25) is 0 Å². The number of hydrogen-bond donors (Lipinski definition) is 1. The third-order valence-corrected chi connectivity index (χ3v) is 2.32. The molecular weight excluding hydrogens is 192 g/mol. The van der Waals surface area contributed by atoms with E-state index in [0.717, 1.165) is 58.7 Å². The fourth-order valence-electron chi connectivity index (χ4n) is 1.52. The zero-order valence-corrected chi connectivity index (χ0v) is 10.2. The molecule has 0 saturated carbocycles. The lowest BCUT2D eigenvalue weighted by Gasteiger charge is -2.21. The Labute approximate surface area is 93.7 Å². The van der Waals surface area contributed by atoms with Crippen LogP contribution in [0.2, 0.25) is 0 Å². The van der Waals surface area contributed by atoms with Gasteiger partial charge in [-0.15, -0.1) is 0 Å². The van der Waals surface area contributed by atoms with E-state index in [9.17, 15) is 0 Å². The maximum Gasteiger partial charge on any atom is 0.0474 e. The molecule has 0 aliphatic heterocycles. The lowest BCUT2D eigenvalue weighted by molar-refractivity contribution is 0.153. The molecule has 0 atom stereocenters. The van der Waals surface area contributed by atoms with Gasteiger partial charge in [0.15, 0.2) is 0 Å². The molecule has 0 rings (SSSR count). The largest absolute Gasteiger partial charge is 0.385 e. The third-order valence-electron chi connectivity index (χ3n) is 2.32. The number of ether oxygens (including phenoxy) is 2. The molecule has 0 aromatic heterocycles. The lowest BCUT2D eigenvalue weighted by Crippen LogP contribution is -2.29. The molecule has 4 nitrogen and oxygen atoms in total. The quantitative estimate of drug-likeness (QED) is 0.519. The fraction of sp³-hybridized carbons (Fsp3) is 1.00. The van der Waals surface area contributed by atoms with Gasteiger partial charge in [-0.3, -0.25) is 0 Å². The molecule has 0 aliphatic rings. The Balaban J connectivity index is 3.53. The first-order valence-electron chi connectivity index (χ1n) is 5.75. The van der Waals surface area contributed by atoms with E-state index in [1.807, 2.05) is 0 Å².